The van der Waals surface area contributed by atoms with Crippen molar-refractivity contribution in [3.8, 4) is 5.75 Å². The first-order valence-electron chi connectivity index (χ1n) is 9.08. The fourth-order valence-corrected chi connectivity index (χ4v) is 3.73. The number of benzene rings is 1. The third-order valence-corrected chi connectivity index (χ3v) is 5.37. The highest BCUT2D eigenvalue weighted by molar-refractivity contribution is 5.86. The second-order valence-corrected chi connectivity index (χ2v) is 7.02. The highest BCUT2D eigenvalue weighted by atomic mass is 16.4. The Bertz CT molecular complexity index is 961. The number of carboxylic acid groups (broad SMARTS) is 1. The van der Waals surface area contributed by atoms with Crippen LogP contribution in [0.1, 0.15) is 42.4 Å². The van der Waals surface area contributed by atoms with Crippen LogP contribution in [-0.4, -0.2) is 39.6 Å². The van der Waals surface area contributed by atoms with E-state index in [2.05, 4.69) is 0 Å². The number of nitrogens with zero attached hydrogens (tertiary/aromatic N) is 1. The first-order valence-corrected chi connectivity index (χ1v) is 9.08. The topological polar surface area (TPSA) is 108 Å². The fraction of sp³-hybridized carbons (Fsp3) is 0.450. The van der Waals surface area contributed by atoms with Gasteiger partial charge in [-0.3, -0.25) is 4.79 Å². The number of amides is 1. The third kappa shape index (κ3) is 3.54. The van der Waals surface area contributed by atoms with Crippen molar-refractivity contribution in [1.82, 2.24) is 4.90 Å². The third-order valence-electron chi connectivity index (χ3n) is 5.37. The van der Waals surface area contributed by atoms with Crippen LogP contribution in [0.15, 0.2) is 21.3 Å². The van der Waals surface area contributed by atoms with Crippen LogP contribution in [0.4, 0.5) is 0 Å². The monoisotopic (exact) mass is 373 g/mol. The number of phenols is 1. The Kier molecular flexibility index (Phi) is 5.21. The molecule has 2 heterocycles. The molecule has 1 aromatic heterocycles. The first-order chi connectivity index (χ1) is 12.8. The van der Waals surface area contributed by atoms with Crippen LogP contribution in [0.25, 0.3) is 11.0 Å². The molecule has 1 fully saturated rings. The van der Waals surface area contributed by atoms with Gasteiger partial charge in [0.15, 0.2) is 0 Å². The van der Waals surface area contributed by atoms with Crippen molar-refractivity contribution in [2.45, 2.75) is 52.0 Å². The van der Waals surface area contributed by atoms with E-state index in [4.69, 9.17) is 4.42 Å². The molecule has 0 bridgehead atoms. The van der Waals surface area contributed by atoms with Crippen molar-refractivity contribution in [2.75, 3.05) is 6.54 Å². The van der Waals surface area contributed by atoms with Gasteiger partial charge >= 0.3 is 11.6 Å². The van der Waals surface area contributed by atoms with Crippen LogP contribution in [0, 0.1) is 13.8 Å². The SMILES string of the molecule is Cc1c(CCC(=O)N2CCCC[C@@H]2C(=O)O)c(=O)oc2c(C)c(O)ccc12. The molecule has 1 saturated heterocycles. The van der Waals surface area contributed by atoms with E-state index < -0.39 is 17.6 Å². The minimum atomic E-state index is -0.986. The van der Waals surface area contributed by atoms with Gasteiger partial charge in [0, 0.05) is 29.5 Å². The first kappa shape index (κ1) is 18.9. The van der Waals surface area contributed by atoms with Gasteiger partial charge in [-0.15, -0.1) is 0 Å². The minimum Gasteiger partial charge on any atom is -0.508 e. The summed E-state index contributed by atoms with van der Waals surface area (Å²) in [6, 6.07) is 2.45. The molecule has 0 unspecified atom stereocenters. The Morgan fingerprint density at radius 1 is 1.22 bits per heavy atom. The second kappa shape index (κ2) is 7.42. The van der Waals surface area contributed by atoms with E-state index in [1.54, 1.807) is 26.0 Å². The Morgan fingerprint density at radius 3 is 2.67 bits per heavy atom. The van der Waals surface area contributed by atoms with Gasteiger partial charge in [0.1, 0.15) is 17.4 Å². The van der Waals surface area contributed by atoms with E-state index in [0.717, 1.165) is 12.8 Å². The van der Waals surface area contributed by atoms with E-state index in [9.17, 15) is 24.6 Å². The molecular formula is C20H23NO6. The Labute approximate surface area is 156 Å². The summed E-state index contributed by atoms with van der Waals surface area (Å²) in [6.07, 6.45) is 2.28. The molecule has 2 aromatic rings. The standard InChI is InChI=1S/C20H23NO6/c1-11-13-6-8-16(22)12(2)18(13)27-20(26)14(11)7-9-17(23)21-10-4-3-5-15(21)19(24)25/h6,8,15,22H,3-5,7,9-10H2,1-2H3,(H,24,25)/t15-/m1/s1. The van der Waals surface area contributed by atoms with Crippen LogP contribution < -0.4 is 5.63 Å². The Hall–Kier alpha value is -2.83. The van der Waals surface area contributed by atoms with Crippen molar-refractivity contribution < 1.29 is 24.2 Å². The number of piperidine rings is 1. The molecular weight excluding hydrogens is 350 g/mol. The van der Waals surface area contributed by atoms with E-state index in [-0.39, 0.29) is 24.5 Å². The van der Waals surface area contributed by atoms with Gasteiger partial charge in [-0.25, -0.2) is 9.59 Å². The van der Waals surface area contributed by atoms with Gasteiger partial charge in [0.25, 0.3) is 0 Å². The predicted molar refractivity (Wildman–Crippen MR) is 98.9 cm³/mol. The van der Waals surface area contributed by atoms with Gasteiger partial charge in [-0.2, -0.15) is 0 Å². The molecule has 7 nitrogen and oxygen atoms in total. The molecule has 2 N–H and O–H groups in total. The number of aromatic hydroxyl groups is 1. The number of aryl methyl sites for hydroxylation is 2. The molecule has 1 aliphatic rings. The van der Waals surface area contributed by atoms with Gasteiger partial charge < -0.3 is 19.5 Å². The quantitative estimate of drug-likeness (QED) is 0.797. The molecule has 1 amide bonds. The van der Waals surface area contributed by atoms with Crippen LogP contribution >= 0.6 is 0 Å². The molecule has 1 atom stereocenters. The van der Waals surface area contributed by atoms with Crippen LogP contribution in [0.5, 0.6) is 5.75 Å². The van der Waals surface area contributed by atoms with Crippen LogP contribution in [0.3, 0.4) is 0 Å². The van der Waals surface area contributed by atoms with E-state index in [0.29, 0.717) is 40.6 Å². The summed E-state index contributed by atoms with van der Waals surface area (Å²) in [6.45, 7) is 3.89. The largest absolute Gasteiger partial charge is 0.508 e. The highest BCUT2D eigenvalue weighted by Crippen LogP contribution is 2.29. The Morgan fingerprint density at radius 2 is 1.96 bits per heavy atom. The summed E-state index contributed by atoms with van der Waals surface area (Å²) in [4.78, 5) is 37.8. The van der Waals surface area contributed by atoms with Crippen molar-refractivity contribution in [2.24, 2.45) is 0 Å². The number of carboxylic acids is 1. The highest BCUT2D eigenvalue weighted by Gasteiger charge is 2.31. The molecule has 0 spiro atoms. The lowest BCUT2D eigenvalue weighted by Crippen LogP contribution is -2.48. The summed E-state index contributed by atoms with van der Waals surface area (Å²) in [5.41, 5.74) is 1.42. The molecule has 7 heteroatoms. The average molecular weight is 373 g/mol. The fourth-order valence-electron chi connectivity index (χ4n) is 3.73. The lowest BCUT2D eigenvalue weighted by Gasteiger charge is -2.33. The summed E-state index contributed by atoms with van der Waals surface area (Å²) in [5, 5.41) is 19.8. The van der Waals surface area contributed by atoms with Crippen molar-refractivity contribution in [1.29, 1.82) is 0 Å². The summed E-state index contributed by atoms with van der Waals surface area (Å²) in [7, 11) is 0. The molecule has 0 radical (unpaired) electrons. The van der Waals surface area contributed by atoms with Gasteiger partial charge in [-0.05, 0) is 57.2 Å². The minimum absolute atomic E-state index is 0.0535. The number of carbonyl (C=O) groups is 2. The van der Waals surface area contributed by atoms with E-state index in [1.807, 2.05) is 0 Å². The molecule has 0 saturated carbocycles. The average Bonchev–Trinajstić information content (AvgIpc) is 2.64. The summed E-state index contributed by atoms with van der Waals surface area (Å²) >= 11 is 0. The smallest absolute Gasteiger partial charge is 0.339 e. The molecule has 3 rings (SSSR count). The number of fused-ring (bicyclic) bond motifs is 1. The molecule has 27 heavy (non-hydrogen) atoms. The van der Waals surface area contributed by atoms with Crippen LogP contribution in [-0.2, 0) is 16.0 Å². The number of likely N-dealkylation sites (tertiary alicyclic amines) is 1. The maximum atomic E-state index is 12.6. The van der Waals surface area contributed by atoms with Crippen molar-refractivity contribution >= 4 is 22.8 Å². The molecule has 0 aliphatic carbocycles. The van der Waals surface area contributed by atoms with Crippen molar-refractivity contribution in [3.05, 3.63) is 39.2 Å². The number of hydrogen-bond donors (Lipinski definition) is 2. The number of carbonyl (C=O) groups excluding carboxylic acids is 1. The van der Waals surface area contributed by atoms with Crippen molar-refractivity contribution in [3.63, 3.8) is 0 Å². The van der Waals surface area contributed by atoms with Gasteiger partial charge in [-0.1, -0.05) is 0 Å². The number of hydrogen-bond acceptors (Lipinski definition) is 5. The van der Waals surface area contributed by atoms with E-state index in [1.165, 1.54) is 4.90 Å². The summed E-state index contributed by atoms with van der Waals surface area (Å²) < 4.78 is 5.39. The number of rotatable bonds is 4. The lowest BCUT2D eigenvalue weighted by atomic mass is 9.98. The zero-order valence-corrected chi connectivity index (χ0v) is 15.4. The van der Waals surface area contributed by atoms with E-state index >= 15 is 0 Å². The zero-order valence-electron chi connectivity index (χ0n) is 15.4. The lowest BCUT2D eigenvalue weighted by molar-refractivity contribution is -0.152. The molecule has 144 valence electrons. The maximum Gasteiger partial charge on any atom is 0.339 e. The van der Waals surface area contributed by atoms with Crippen LogP contribution in [0.2, 0.25) is 0 Å². The number of aliphatic carboxylic acids is 1. The molecule has 1 aliphatic heterocycles. The Balaban J connectivity index is 1.85. The van der Waals surface area contributed by atoms with Gasteiger partial charge in [0.05, 0.1) is 0 Å². The summed E-state index contributed by atoms with van der Waals surface area (Å²) in [5.74, 6) is -1.19. The predicted octanol–water partition coefficient (Wildman–Crippen LogP) is 2.51. The second-order valence-electron chi connectivity index (χ2n) is 7.02. The molecule has 1 aromatic carbocycles. The normalized spacial score (nSPS) is 17.3. The van der Waals surface area contributed by atoms with Gasteiger partial charge in [0.2, 0.25) is 5.91 Å². The zero-order chi connectivity index (χ0) is 19.7. The number of phenolic OH excluding ortho intramolecular Hbond substituents is 1. The maximum absolute atomic E-state index is 12.6.